The number of phenolic OH excluding ortho intramolecular Hbond substituents is 1. The molecule has 0 spiro atoms. The number of carboxylic acid groups (broad SMARTS) is 1. The number of ether oxygens (including phenoxy) is 2. The van der Waals surface area contributed by atoms with Gasteiger partial charge in [-0.3, -0.25) is 4.79 Å². The summed E-state index contributed by atoms with van der Waals surface area (Å²) in [5, 5.41) is 21.4. The molecule has 2 unspecified atom stereocenters. The van der Waals surface area contributed by atoms with Crippen LogP contribution in [-0.4, -0.2) is 39.2 Å². The summed E-state index contributed by atoms with van der Waals surface area (Å²) in [5.74, 6) is 1.08. The topological polar surface area (TPSA) is 145 Å². The SMILES string of the molecule is C.C.C.COC(=O)C(Br)c1ccc(Cl)cc1.Cc1nc(-c2cc(Cl)ccc2O)oc1C.Cc1nc(-c2cc(Cl)ccc2OC(C(=O)O)c2ccc(Cl)cc2)oc1C. The summed E-state index contributed by atoms with van der Waals surface area (Å²) in [6.45, 7) is 7.29. The first kappa shape index (κ1) is 50.5. The molecule has 0 saturated heterocycles. The molecule has 0 fully saturated rings. The van der Waals surface area contributed by atoms with Crippen LogP contribution in [0.3, 0.4) is 0 Å². The maximum Gasteiger partial charge on any atom is 0.349 e. The van der Waals surface area contributed by atoms with Gasteiger partial charge in [0.05, 0.1) is 29.6 Å². The number of aromatic nitrogens is 2. The highest BCUT2D eigenvalue weighted by atomic mass is 79.9. The van der Waals surface area contributed by atoms with E-state index in [-0.39, 0.29) is 34.0 Å². The van der Waals surface area contributed by atoms with Gasteiger partial charge in [-0.2, -0.15) is 0 Å². The third-order valence-electron chi connectivity index (χ3n) is 7.63. The number of alkyl halides is 1. The number of carbonyl (C=O) groups is 2. The zero-order chi connectivity index (χ0) is 39.7. The van der Waals surface area contributed by atoms with Crippen molar-refractivity contribution < 1.29 is 38.1 Å². The van der Waals surface area contributed by atoms with E-state index in [9.17, 15) is 19.8 Å². The number of phenols is 1. The van der Waals surface area contributed by atoms with Crippen LogP contribution >= 0.6 is 62.3 Å². The molecule has 2 heterocycles. The van der Waals surface area contributed by atoms with Crippen molar-refractivity contribution in [2.24, 2.45) is 0 Å². The lowest BCUT2D eigenvalue weighted by molar-refractivity contribution is -0.145. The molecule has 2 atom stereocenters. The molecule has 0 aliphatic heterocycles. The third-order valence-corrected chi connectivity index (χ3v) is 9.51. The predicted molar refractivity (Wildman–Crippen MR) is 232 cm³/mol. The van der Waals surface area contributed by atoms with Crippen LogP contribution in [-0.2, 0) is 14.3 Å². The number of benzene rings is 4. The van der Waals surface area contributed by atoms with Gasteiger partial charge in [-0.1, -0.05) is 109 Å². The highest BCUT2D eigenvalue weighted by Crippen LogP contribution is 2.36. The normalized spacial score (nSPS) is 11.1. The van der Waals surface area contributed by atoms with Gasteiger partial charge in [0, 0.05) is 25.7 Å². The molecule has 0 radical (unpaired) electrons. The van der Waals surface area contributed by atoms with Crippen LogP contribution in [0.4, 0.5) is 0 Å². The zero-order valence-corrected chi connectivity index (χ0v) is 34.0. The molecule has 0 aliphatic carbocycles. The van der Waals surface area contributed by atoms with Crippen LogP contribution in [0, 0.1) is 27.7 Å². The van der Waals surface area contributed by atoms with Gasteiger partial charge >= 0.3 is 11.9 Å². The van der Waals surface area contributed by atoms with Gasteiger partial charge in [0.1, 0.15) is 27.8 Å². The molecule has 15 heteroatoms. The number of aromatic hydroxyl groups is 1. The molecular weight excluding hydrogens is 882 g/mol. The lowest BCUT2D eigenvalue weighted by atomic mass is 10.1. The predicted octanol–water partition coefficient (Wildman–Crippen LogP) is 13.6. The van der Waals surface area contributed by atoms with E-state index in [1.54, 1.807) is 85.8 Å². The average molecular weight is 928 g/mol. The molecule has 57 heavy (non-hydrogen) atoms. The summed E-state index contributed by atoms with van der Waals surface area (Å²) < 4.78 is 21.4. The van der Waals surface area contributed by atoms with Crippen molar-refractivity contribution in [1.82, 2.24) is 9.97 Å². The summed E-state index contributed by atoms with van der Waals surface area (Å²) >= 11 is 26.7. The van der Waals surface area contributed by atoms with Gasteiger partial charge in [0.15, 0.2) is 0 Å². The van der Waals surface area contributed by atoms with Crippen LogP contribution in [0.25, 0.3) is 22.9 Å². The number of nitrogens with zero attached hydrogens (tertiary/aromatic N) is 2. The smallest absolute Gasteiger partial charge is 0.349 e. The third kappa shape index (κ3) is 13.8. The van der Waals surface area contributed by atoms with E-state index in [0.29, 0.717) is 60.1 Å². The molecule has 0 saturated carbocycles. The highest BCUT2D eigenvalue weighted by Gasteiger charge is 2.25. The number of rotatable bonds is 8. The first-order chi connectivity index (χ1) is 25.6. The molecule has 2 aromatic heterocycles. The van der Waals surface area contributed by atoms with Gasteiger partial charge in [-0.05, 0) is 93.9 Å². The van der Waals surface area contributed by atoms with Crippen molar-refractivity contribution in [3.63, 3.8) is 0 Å². The van der Waals surface area contributed by atoms with Crippen molar-refractivity contribution >= 4 is 74.3 Å². The Labute approximate surface area is 361 Å². The molecule has 0 amide bonds. The van der Waals surface area contributed by atoms with E-state index in [0.717, 1.165) is 22.7 Å². The van der Waals surface area contributed by atoms with Gasteiger partial charge in [-0.25, -0.2) is 14.8 Å². The summed E-state index contributed by atoms with van der Waals surface area (Å²) in [7, 11) is 1.35. The largest absolute Gasteiger partial charge is 0.507 e. The Balaban J connectivity index is 0.000000450. The standard InChI is InChI=1S/C19H15Cl2NO4.C11H10ClNO2.C9H8BrClO2.3CH4/c1-10-11(2)25-18(22-10)15-9-14(21)7-8-16(15)26-17(19(23)24)12-3-5-13(20)6-4-12;1-6-7(2)15-11(13-6)9-5-8(12)3-4-10(9)14;1-13-9(12)8(10)6-2-4-7(11)5-3-6;;;/h3-9,17H,1-2H3,(H,23,24);3-5,14H,1-2H3;2-5,8H,1H3;3*1H4. The highest BCUT2D eigenvalue weighted by molar-refractivity contribution is 9.09. The molecule has 6 aromatic rings. The quantitative estimate of drug-likeness (QED) is 0.112. The fourth-order valence-electron chi connectivity index (χ4n) is 4.52. The maximum atomic E-state index is 11.7. The average Bonchev–Trinajstić information content (AvgIpc) is 3.67. The van der Waals surface area contributed by atoms with E-state index in [1.807, 2.05) is 20.8 Å². The first-order valence-corrected chi connectivity index (χ1v) is 18.3. The molecule has 4 aromatic carbocycles. The Bertz CT molecular complexity index is 2190. The Morgan fingerprint density at radius 1 is 0.667 bits per heavy atom. The van der Waals surface area contributed by atoms with Crippen LogP contribution in [0.2, 0.25) is 20.1 Å². The molecule has 2 N–H and O–H groups in total. The van der Waals surface area contributed by atoms with Crippen LogP contribution < -0.4 is 4.74 Å². The second-order valence-electron chi connectivity index (χ2n) is 11.4. The van der Waals surface area contributed by atoms with Gasteiger partial charge < -0.3 is 28.5 Å². The van der Waals surface area contributed by atoms with E-state index in [2.05, 4.69) is 30.6 Å². The number of halogens is 5. The second-order valence-corrected chi connectivity index (χ2v) is 14.1. The number of esters is 1. The van der Waals surface area contributed by atoms with Gasteiger partial charge in [0.2, 0.25) is 17.9 Å². The van der Waals surface area contributed by atoms with Gasteiger partial charge in [0.25, 0.3) is 0 Å². The second kappa shape index (κ2) is 23.0. The monoisotopic (exact) mass is 924 g/mol. The van der Waals surface area contributed by atoms with Crippen molar-refractivity contribution in [2.45, 2.75) is 60.9 Å². The molecular formula is C42H45BrCl4N2O8. The number of methoxy groups -OCH3 is 1. The Hall–Kier alpha value is -4.52. The molecule has 10 nitrogen and oxygen atoms in total. The van der Waals surface area contributed by atoms with E-state index < -0.39 is 16.9 Å². The van der Waals surface area contributed by atoms with Crippen molar-refractivity contribution in [2.75, 3.05) is 7.11 Å². The van der Waals surface area contributed by atoms with Crippen molar-refractivity contribution in [3.8, 4) is 34.4 Å². The molecule has 0 aliphatic rings. The molecule has 0 bridgehead atoms. The van der Waals surface area contributed by atoms with Crippen LogP contribution in [0.5, 0.6) is 11.5 Å². The number of carbonyl (C=O) groups excluding carboxylic acids is 1. The Morgan fingerprint density at radius 3 is 1.53 bits per heavy atom. The summed E-state index contributed by atoms with van der Waals surface area (Å²) in [6, 6.07) is 23.0. The summed E-state index contributed by atoms with van der Waals surface area (Å²) in [5.41, 5.74) is 3.83. The fraction of sp³-hybridized carbons (Fsp3) is 0.238. The van der Waals surface area contributed by atoms with E-state index >= 15 is 0 Å². The van der Waals surface area contributed by atoms with Crippen molar-refractivity contribution in [1.29, 1.82) is 0 Å². The minimum atomic E-state index is -1.22. The maximum absolute atomic E-state index is 11.7. The Morgan fingerprint density at radius 2 is 1.09 bits per heavy atom. The number of aryl methyl sites for hydroxylation is 4. The Kier molecular flexibility index (Phi) is 20.4. The number of hydrogen-bond donors (Lipinski definition) is 2. The molecule has 306 valence electrons. The summed E-state index contributed by atoms with van der Waals surface area (Å²) in [6.07, 6.45) is -1.22. The lowest BCUT2D eigenvalue weighted by Crippen LogP contribution is -2.18. The van der Waals surface area contributed by atoms with Crippen molar-refractivity contribution in [3.05, 3.63) is 139 Å². The minimum absolute atomic E-state index is 0. The number of oxazole rings is 2. The first-order valence-electron chi connectivity index (χ1n) is 15.9. The molecule has 6 rings (SSSR count). The lowest BCUT2D eigenvalue weighted by Gasteiger charge is -2.17. The van der Waals surface area contributed by atoms with Gasteiger partial charge in [-0.15, -0.1) is 0 Å². The van der Waals surface area contributed by atoms with E-state index in [1.165, 1.54) is 13.2 Å². The summed E-state index contributed by atoms with van der Waals surface area (Å²) in [4.78, 5) is 31.0. The van der Waals surface area contributed by atoms with E-state index in [4.69, 9.17) is 60.0 Å². The zero-order valence-electron chi connectivity index (χ0n) is 29.4. The van der Waals surface area contributed by atoms with Crippen LogP contribution in [0.15, 0.2) is 93.8 Å². The number of hydrogen-bond acceptors (Lipinski definition) is 9. The van der Waals surface area contributed by atoms with Crippen LogP contribution in [0.1, 0.15) is 67.2 Å². The number of carboxylic acids is 1. The fourth-order valence-corrected chi connectivity index (χ4v) is 5.61. The number of aliphatic carboxylic acids is 1. The minimum Gasteiger partial charge on any atom is -0.507 e.